The standard InChI is InChI=1S/C14H16O/c15-14(13-8-4-5-9-13)11-10-12-6-2-1-3-7-12/h1-3,6-8H,4-5,9-11H2. The van der Waals surface area contributed by atoms with Crippen LogP contribution in [0.1, 0.15) is 31.2 Å². The fraction of sp³-hybridized carbons (Fsp3) is 0.357. The molecule has 2 rings (SSSR count). The third-order valence-electron chi connectivity index (χ3n) is 2.88. The molecule has 1 aliphatic carbocycles. The van der Waals surface area contributed by atoms with Gasteiger partial charge in [0.1, 0.15) is 0 Å². The van der Waals surface area contributed by atoms with Crippen LogP contribution in [0.4, 0.5) is 0 Å². The van der Waals surface area contributed by atoms with Crippen molar-refractivity contribution >= 4 is 5.78 Å². The average Bonchev–Trinajstić information content (AvgIpc) is 2.81. The molecule has 0 saturated heterocycles. The van der Waals surface area contributed by atoms with Crippen molar-refractivity contribution in [2.45, 2.75) is 32.1 Å². The zero-order valence-corrected chi connectivity index (χ0v) is 8.91. The molecule has 0 aromatic heterocycles. The zero-order chi connectivity index (χ0) is 10.5. The van der Waals surface area contributed by atoms with E-state index in [1.54, 1.807) is 0 Å². The molecule has 0 saturated carbocycles. The molecule has 0 radical (unpaired) electrons. The van der Waals surface area contributed by atoms with Gasteiger partial charge in [-0.2, -0.15) is 0 Å². The van der Waals surface area contributed by atoms with Crippen LogP contribution in [0.5, 0.6) is 0 Å². The van der Waals surface area contributed by atoms with E-state index in [0.717, 1.165) is 31.3 Å². The normalized spacial score (nSPS) is 15.1. The maximum Gasteiger partial charge on any atom is 0.158 e. The summed E-state index contributed by atoms with van der Waals surface area (Å²) in [6.45, 7) is 0. The van der Waals surface area contributed by atoms with Crippen LogP contribution in [0.3, 0.4) is 0 Å². The fourth-order valence-electron chi connectivity index (χ4n) is 1.99. The quantitative estimate of drug-likeness (QED) is 0.728. The second-order valence-corrected chi connectivity index (χ2v) is 4.03. The van der Waals surface area contributed by atoms with Crippen molar-refractivity contribution in [3.63, 3.8) is 0 Å². The van der Waals surface area contributed by atoms with Gasteiger partial charge in [0.05, 0.1) is 0 Å². The number of rotatable bonds is 4. The van der Waals surface area contributed by atoms with Crippen LogP contribution in [0.25, 0.3) is 0 Å². The number of hydrogen-bond acceptors (Lipinski definition) is 1. The lowest BCUT2D eigenvalue weighted by molar-refractivity contribution is -0.115. The number of Topliss-reactive ketones (excluding diaryl/α,β-unsaturated/α-hetero) is 1. The fourth-order valence-corrected chi connectivity index (χ4v) is 1.99. The monoisotopic (exact) mass is 200 g/mol. The minimum atomic E-state index is 0.344. The average molecular weight is 200 g/mol. The van der Waals surface area contributed by atoms with E-state index in [1.165, 1.54) is 5.56 Å². The van der Waals surface area contributed by atoms with Crippen LogP contribution in [0.2, 0.25) is 0 Å². The number of ketones is 1. The van der Waals surface area contributed by atoms with Crippen molar-refractivity contribution in [3.8, 4) is 0 Å². The first-order chi connectivity index (χ1) is 7.36. The van der Waals surface area contributed by atoms with Gasteiger partial charge in [0.2, 0.25) is 0 Å². The van der Waals surface area contributed by atoms with Crippen LogP contribution in [0, 0.1) is 0 Å². The molecule has 15 heavy (non-hydrogen) atoms. The zero-order valence-electron chi connectivity index (χ0n) is 8.91. The van der Waals surface area contributed by atoms with E-state index >= 15 is 0 Å². The van der Waals surface area contributed by atoms with Crippen LogP contribution in [-0.4, -0.2) is 5.78 Å². The Morgan fingerprint density at radius 2 is 2.00 bits per heavy atom. The summed E-state index contributed by atoms with van der Waals surface area (Å²) in [5.41, 5.74) is 2.32. The summed E-state index contributed by atoms with van der Waals surface area (Å²) in [6.07, 6.45) is 6.88. The predicted molar refractivity (Wildman–Crippen MR) is 61.7 cm³/mol. The largest absolute Gasteiger partial charge is 0.295 e. The minimum Gasteiger partial charge on any atom is -0.295 e. The van der Waals surface area contributed by atoms with Gasteiger partial charge < -0.3 is 0 Å². The van der Waals surface area contributed by atoms with Gasteiger partial charge in [-0.3, -0.25) is 4.79 Å². The summed E-state index contributed by atoms with van der Waals surface area (Å²) in [5, 5.41) is 0. The Hall–Kier alpha value is -1.37. The van der Waals surface area contributed by atoms with Crippen molar-refractivity contribution in [1.29, 1.82) is 0 Å². The van der Waals surface area contributed by atoms with E-state index in [4.69, 9.17) is 0 Å². The minimum absolute atomic E-state index is 0.344. The Balaban J connectivity index is 1.86. The molecule has 0 unspecified atom stereocenters. The van der Waals surface area contributed by atoms with Crippen molar-refractivity contribution in [3.05, 3.63) is 47.5 Å². The molecule has 0 atom stereocenters. The third kappa shape index (κ3) is 2.79. The van der Waals surface area contributed by atoms with Crippen molar-refractivity contribution < 1.29 is 4.79 Å². The molecule has 1 nitrogen and oxygen atoms in total. The number of hydrogen-bond donors (Lipinski definition) is 0. The van der Waals surface area contributed by atoms with Crippen LogP contribution in [-0.2, 0) is 11.2 Å². The summed E-state index contributed by atoms with van der Waals surface area (Å²) >= 11 is 0. The first-order valence-electron chi connectivity index (χ1n) is 5.62. The summed E-state index contributed by atoms with van der Waals surface area (Å²) in [7, 11) is 0. The smallest absolute Gasteiger partial charge is 0.158 e. The molecule has 0 amide bonds. The molecule has 1 aromatic carbocycles. The Morgan fingerprint density at radius 3 is 2.67 bits per heavy atom. The van der Waals surface area contributed by atoms with Gasteiger partial charge >= 0.3 is 0 Å². The van der Waals surface area contributed by atoms with Gasteiger partial charge in [-0.1, -0.05) is 36.4 Å². The Kier molecular flexibility index (Phi) is 3.33. The lowest BCUT2D eigenvalue weighted by Crippen LogP contribution is -2.02. The maximum atomic E-state index is 11.8. The van der Waals surface area contributed by atoms with Gasteiger partial charge in [-0.15, -0.1) is 0 Å². The SMILES string of the molecule is O=C(CCc1ccccc1)C1=CCCC1. The lowest BCUT2D eigenvalue weighted by Gasteiger charge is -2.01. The van der Waals surface area contributed by atoms with E-state index in [1.807, 2.05) is 18.2 Å². The topological polar surface area (TPSA) is 17.1 Å². The van der Waals surface area contributed by atoms with Crippen molar-refractivity contribution in [2.24, 2.45) is 0 Å². The first kappa shape index (κ1) is 10.2. The first-order valence-corrected chi connectivity index (χ1v) is 5.62. The highest BCUT2D eigenvalue weighted by Gasteiger charge is 2.12. The molecule has 0 heterocycles. The van der Waals surface area contributed by atoms with Gasteiger partial charge in [0.25, 0.3) is 0 Å². The summed E-state index contributed by atoms with van der Waals surface area (Å²) in [4.78, 5) is 11.8. The number of aryl methyl sites for hydroxylation is 1. The maximum absolute atomic E-state index is 11.8. The molecule has 0 bridgehead atoms. The number of benzene rings is 1. The number of allylic oxidation sites excluding steroid dienone is 2. The van der Waals surface area contributed by atoms with Crippen molar-refractivity contribution in [1.82, 2.24) is 0 Å². The Bertz CT molecular complexity index is 362. The van der Waals surface area contributed by atoms with Crippen LogP contribution < -0.4 is 0 Å². The Morgan fingerprint density at radius 1 is 1.20 bits per heavy atom. The second kappa shape index (κ2) is 4.92. The molecule has 78 valence electrons. The number of carbonyl (C=O) groups is 1. The second-order valence-electron chi connectivity index (χ2n) is 4.03. The van der Waals surface area contributed by atoms with E-state index in [0.29, 0.717) is 12.2 Å². The molecule has 1 aliphatic rings. The van der Waals surface area contributed by atoms with E-state index in [2.05, 4.69) is 18.2 Å². The molecular weight excluding hydrogens is 184 g/mol. The lowest BCUT2D eigenvalue weighted by atomic mass is 10.0. The summed E-state index contributed by atoms with van der Waals surface area (Å²) in [5.74, 6) is 0.344. The number of carbonyl (C=O) groups excluding carboxylic acids is 1. The molecular formula is C14H16O. The summed E-state index contributed by atoms with van der Waals surface area (Å²) in [6, 6.07) is 10.2. The van der Waals surface area contributed by atoms with E-state index in [-0.39, 0.29) is 0 Å². The molecule has 0 N–H and O–H groups in total. The summed E-state index contributed by atoms with van der Waals surface area (Å²) < 4.78 is 0. The highest BCUT2D eigenvalue weighted by molar-refractivity contribution is 5.95. The van der Waals surface area contributed by atoms with Gasteiger partial charge in [-0.05, 0) is 36.8 Å². The third-order valence-corrected chi connectivity index (χ3v) is 2.88. The predicted octanol–water partition coefficient (Wildman–Crippen LogP) is 3.30. The van der Waals surface area contributed by atoms with Crippen molar-refractivity contribution in [2.75, 3.05) is 0 Å². The van der Waals surface area contributed by atoms with Gasteiger partial charge in [0.15, 0.2) is 5.78 Å². The van der Waals surface area contributed by atoms with Crippen LogP contribution >= 0.6 is 0 Å². The van der Waals surface area contributed by atoms with Crippen LogP contribution in [0.15, 0.2) is 42.0 Å². The molecule has 1 aromatic rings. The van der Waals surface area contributed by atoms with Gasteiger partial charge in [0, 0.05) is 6.42 Å². The molecule has 1 heteroatoms. The highest BCUT2D eigenvalue weighted by atomic mass is 16.1. The molecule has 0 spiro atoms. The molecule has 0 aliphatic heterocycles. The highest BCUT2D eigenvalue weighted by Crippen LogP contribution is 2.20. The van der Waals surface area contributed by atoms with E-state index in [9.17, 15) is 4.79 Å². The molecule has 0 fully saturated rings. The van der Waals surface area contributed by atoms with Gasteiger partial charge in [-0.25, -0.2) is 0 Å². The van der Waals surface area contributed by atoms with E-state index < -0.39 is 0 Å². The Labute approximate surface area is 90.8 Å².